The van der Waals surface area contributed by atoms with E-state index in [1.54, 1.807) is 37.3 Å². The maximum Gasteiger partial charge on any atom is 0.411 e. The zero-order valence-electron chi connectivity index (χ0n) is 17.2. The average molecular weight is 404 g/mol. The van der Waals surface area contributed by atoms with Gasteiger partial charge in [0.25, 0.3) is 0 Å². The van der Waals surface area contributed by atoms with Gasteiger partial charge in [-0.25, -0.2) is 9.59 Å². The molecule has 0 bridgehead atoms. The number of carbonyl (C=O) groups excluding carboxylic acids is 2. The van der Waals surface area contributed by atoms with Crippen LogP contribution in [0.1, 0.15) is 39.3 Å². The van der Waals surface area contributed by atoms with Crippen LogP contribution in [0.2, 0.25) is 0 Å². The van der Waals surface area contributed by atoms with E-state index in [9.17, 15) is 19.7 Å². The summed E-state index contributed by atoms with van der Waals surface area (Å²) in [6.45, 7) is 10.7. The van der Waals surface area contributed by atoms with Crippen molar-refractivity contribution in [3.63, 3.8) is 0 Å². The Bertz CT molecular complexity index is 758. The lowest BCUT2D eigenvalue weighted by Crippen LogP contribution is -2.48. The second-order valence-electron chi connectivity index (χ2n) is 7.99. The molecule has 1 fully saturated rings. The van der Waals surface area contributed by atoms with Crippen LogP contribution in [0.3, 0.4) is 0 Å². The number of hydrogen-bond acceptors (Lipinski definition) is 6. The van der Waals surface area contributed by atoms with Crippen LogP contribution in [0.5, 0.6) is 0 Å². The van der Waals surface area contributed by atoms with E-state index in [4.69, 9.17) is 9.47 Å². The van der Waals surface area contributed by atoms with Gasteiger partial charge in [-0.05, 0) is 17.9 Å². The van der Waals surface area contributed by atoms with E-state index in [2.05, 4.69) is 6.58 Å². The third-order valence-corrected chi connectivity index (χ3v) is 5.08. The maximum absolute atomic E-state index is 13.0. The summed E-state index contributed by atoms with van der Waals surface area (Å²) < 4.78 is 10.4. The van der Waals surface area contributed by atoms with E-state index in [0.717, 1.165) is 0 Å². The summed E-state index contributed by atoms with van der Waals surface area (Å²) in [5, 5.41) is 12.2. The first-order valence-corrected chi connectivity index (χ1v) is 9.56. The summed E-state index contributed by atoms with van der Waals surface area (Å²) in [5.74, 6) is -1.45. The molecule has 1 aliphatic heterocycles. The number of esters is 1. The maximum atomic E-state index is 13.0. The van der Waals surface area contributed by atoms with Crippen molar-refractivity contribution in [2.45, 2.75) is 45.8 Å². The molecule has 1 aromatic carbocycles. The molecule has 0 N–H and O–H groups in total. The van der Waals surface area contributed by atoms with Gasteiger partial charge in [-0.3, -0.25) is 15.0 Å². The molecule has 1 heterocycles. The zero-order chi connectivity index (χ0) is 21.8. The summed E-state index contributed by atoms with van der Waals surface area (Å²) in [6.07, 6.45) is 0.590. The van der Waals surface area contributed by atoms with E-state index in [0.29, 0.717) is 5.56 Å². The molecule has 29 heavy (non-hydrogen) atoms. The first kappa shape index (κ1) is 22.4. The minimum Gasteiger partial charge on any atom is -0.464 e. The molecule has 0 spiro atoms. The van der Waals surface area contributed by atoms with Crippen LogP contribution in [-0.2, 0) is 14.3 Å². The molecule has 1 aliphatic rings. The smallest absolute Gasteiger partial charge is 0.411 e. The Morgan fingerprint density at radius 3 is 2.34 bits per heavy atom. The van der Waals surface area contributed by atoms with E-state index in [1.807, 2.05) is 20.8 Å². The fourth-order valence-corrected chi connectivity index (χ4v) is 4.05. The molecular formula is C21H28N2O6. The van der Waals surface area contributed by atoms with Crippen LogP contribution in [0.25, 0.3) is 0 Å². The molecule has 0 saturated carbocycles. The summed E-state index contributed by atoms with van der Waals surface area (Å²) in [5.41, 5.74) is -0.0962. The van der Waals surface area contributed by atoms with Crippen LogP contribution in [0, 0.1) is 21.4 Å². The van der Waals surface area contributed by atoms with Gasteiger partial charge in [0, 0.05) is 4.92 Å². The highest BCUT2D eigenvalue weighted by Crippen LogP contribution is 2.49. The van der Waals surface area contributed by atoms with E-state index in [1.165, 1.54) is 11.0 Å². The van der Waals surface area contributed by atoms with Crippen molar-refractivity contribution in [2.75, 3.05) is 13.2 Å². The van der Waals surface area contributed by atoms with Crippen LogP contribution in [0.15, 0.2) is 43.0 Å². The third kappa shape index (κ3) is 4.58. The minimum atomic E-state index is -1.21. The van der Waals surface area contributed by atoms with Crippen LogP contribution in [0.4, 0.5) is 4.79 Å². The highest BCUT2D eigenvalue weighted by Gasteiger charge is 2.64. The Morgan fingerprint density at radius 1 is 1.24 bits per heavy atom. The van der Waals surface area contributed by atoms with Crippen molar-refractivity contribution in [3.05, 3.63) is 58.7 Å². The highest BCUT2D eigenvalue weighted by molar-refractivity contribution is 5.83. The molecule has 0 radical (unpaired) electrons. The molecule has 2 rings (SSSR count). The summed E-state index contributed by atoms with van der Waals surface area (Å²) >= 11 is 0. The molecule has 1 saturated heterocycles. The van der Waals surface area contributed by atoms with Gasteiger partial charge in [-0.15, -0.1) is 0 Å². The molecular weight excluding hydrogens is 376 g/mol. The summed E-state index contributed by atoms with van der Waals surface area (Å²) in [4.78, 5) is 38.9. The molecule has 8 nitrogen and oxygen atoms in total. The van der Waals surface area contributed by atoms with E-state index < -0.39 is 46.4 Å². The number of nitro groups is 1. The first-order valence-electron chi connectivity index (χ1n) is 9.56. The SMILES string of the molecule is C=CCOC(=O)N1[C@H](C(=O)OCC)[C@@H](C(C)(C)C)[C@H]([N+](=O)[O-])[C@@H]1c1ccccc1. The average Bonchev–Trinajstić information content (AvgIpc) is 3.04. The largest absolute Gasteiger partial charge is 0.464 e. The normalized spacial score (nSPS) is 24.1. The quantitative estimate of drug-likeness (QED) is 0.311. The second-order valence-corrected chi connectivity index (χ2v) is 7.99. The minimum absolute atomic E-state index is 0.0737. The molecule has 1 amide bonds. The fraction of sp³-hybridized carbons (Fsp3) is 0.524. The number of hydrogen-bond donors (Lipinski definition) is 0. The van der Waals surface area contributed by atoms with Crippen LogP contribution >= 0.6 is 0 Å². The molecule has 1 aromatic rings. The fourth-order valence-electron chi connectivity index (χ4n) is 4.05. The van der Waals surface area contributed by atoms with Crippen molar-refractivity contribution in [1.29, 1.82) is 0 Å². The van der Waals surface area contributed by atoms with E-state index >= 15 is 0 Å². The van der Waals surface area contributed by atoms with Gasteiger partial charge in [0.15, 0.2) is 0 Å². The van der Waals surface area contributed by atoms with Crippen molar-refractivity contribution < 1.29 is 24.0 Å². The number of amides is 1. The Kier molecular flexibility index (Phi) is 7.00. The topological polar surface area (TPSA) is 99.0 Å². The van der Waals surface area contributed by atoms with Crippen molar-refractivity contribution in [2.24, 2.45) is 11.3 Å². The predicted molar refractivity (Wildman–Crippen MR) is 107 cm³/mol. The van der Waals surface area contributed by atoms with Gasteiger partial charge in [-0.1, -0.05) is 63.8 Å². The van der Waals surface area contributed by atoms with Gasteiger partial charge in [-0.2, -0.15) is 0 Å². The Balaban J connectivity index is 2.70. The molecule has 158 valence electrons. The van der Waals surface area contributed by atoms with Crippen LogP contribution < -0.4 is 0 Å². The number of likely N-dealkylation sites (tertiary alicyclic amines) is 1. The first-order chi connectivity index (χ1) is 13.6. The van der Waals surface area contributed by atoms with Crippen molar-refractivity contribution >= 4 is 12.1 Å². The summed E-state index contributed by atoms with van der Waals surface area (Å²) in [6, 6.07) is 5.36. The van der Waals surface area contributed by atoms with Crippen molar-refractivity contribution in [1.82, 2.24) is 4.90 Å². The van der Waals surface area contributed by atoms with Crippen molar-refractivity contribution in [3.8, 4) is 0 Å². The Hall–Kier alpha value is -2.90. The molecule has 8 heteroatoms. The van der Waals surface area contributed by atoms with Gasteiger partial charge in [0.2, 0.25) is 6.04 Å². The second kappa shape index (κ2) is 9.07. The lowest BCUT2D eigenvalue weighted by Gasteiger charge is -2.32. The lowest BCUT2D eigenvalue weighted by molar-refractivity contribution is -0.536. The van der Waals surface area contributed by atoms with Gasteiger partial charge < -0.3 is 9.47 Å². The molecule has 0 aromatic heterocycles. The Labute approximate surface area is 170 Å². The number of rotatable bonds is 6. The molecule has 0 unspecified atom stereocenters. The number of nitrogens with zero attached hydrogens (tertiary/aromatic N) is 2. The molecule has 4 atom stereocenters. The standard InChI is InChI=1S/C21H28N2O6/c1-6-13-29-20(25)22-16(14-11-9-8-10-12-14)17(23(26)27)15(21(3,4)5)18(22)19(24)28-7-2/h6,8-12,15-18H,1,7,13H2,2-5H3/t15-,16-,17-,18-/m0/s1. The molecule has 0 aliphatic carbocycles. The number of carbonyl (C=O) groups is 2. The van der Waals surface area contributed by atoms with Crippen LogP contribution in [-0.4, -0.2) is 47.2 Å². The highest BCUT2D eigenvalue weighted by atomic mass is 16.6. The third-order valence-electron chi connectivity index (χ3n) is 5.08. The lowest BCUT2D eigenvalue weighted by atomic mass is 9.73. The monoisotopic (exact) mass is 404 g/mol. The zero-order valence-corrected chi connectivity index (χ0v) is 17.2. The number of benzene rings is 1. The van der Waals surface area contributed by atoms with Gasteiger partial charge in [0.1, 0.15) is 18.7 Å². The van der Waals surface area contributed by atoms with Gasteiger partial charge in [0.05, 0.1) is 12.5 Å². The predicted octanol–water partition coefficient (Wildman–Crippen LogP) is 3.61. The van der Waals surface area contributed by atoms with E-state index in [-0.39, 0.29) is 13.2 Å². The summed E-state index contributed by atoms with van der Waals surface area (Å²) in [7, 11) is 0. The number of ether oxygens (including phenoxy) is 2. The Morgan fingerprint density at radius 2 is 1.86 bits per heavy atom. The van der Waals surface area contributed by atoms with Gasteiger partial charge >= 0.3 is 12.1 Å².